The van der Waals surface area contributed by atoms with Gasteiger partial charge in [-0.2, -0.15) is 5.26 Å². The number of nitriles is 1. The van der Waals surface area contributed by atoms with Gasteiger partial charge in [-0.3, -0.25) is 0 Å². The fraction of sp³-hybridized carbons (Fsp3) is 0.133. The lowest BCUT2D eigenvalue weighted by molar-refractivity contribution is 0.322. The molecule has 0 saturated heterocycles. The molecule has 0 saturated carbocycles. The first-order valence-electron chi connectivity index (χ1n) is 5.65. The van der Waals surface area contributed by atoms with Gasteiger partial charge < -0.3 is 4.74 Å². The Balaban J connectivity index is 1.95. The van der Waals surface area contributed by atoms with Gasteiger partial charge in [0.1, 0.15) is 5.75 Å². The minimum absolute atomic E-state index is 0.511. The predicted molar refractivity (Wildman–Crippen MR) is 71.8 cm³/mol. The fourth-order valence-electron chi connectivity index (χ4n) is 1.64. The van der Waals surface area contributed by atoms with E-state index in [1.54, 1.807) is 18.2 Å². The van der Waals surface area contributed by atoms with Crippen LogP contribution in [-0.2, 0) is 6.42 Å². The van der Waals surface area contributed by atoms with Crippen molar-refractivity contribution in [1.82, 2.24) is 0 Å². The van der Waals surface area contributed by atoms with E-state index in [2.05, 4.69) is 18.2 Å². The van der Waals surface area contributed by atoms with Gasteiger partial charge >= 0.3 is 0 Å². The Hall–Kier alpha value is -1.98. The van der Waals surface area contributed by atoms with Crippen LogP contribution < -0.4 is 4.74 Å². The molecule has 0 spiro atoms. The standard InChI is InChI=1S/C15H12ClNO/c16-14-8-13(11-17)9-15(10-14)18-7-6-12-4-2-1-3-5-12/h1-5,8-10H,6-7H2. The zero-order valence-corrected chi connectivity index (χ0v) is 10.5. The number of nitrogens with zero attached hydrogens (tertiary/aromatic N) is 1. The van der Waals surface area contributed by atoms with Crippen molar-refractivity contribution in [1.29, 1.82) is 5.26 Å². The van der Waals surface area contributed by atoms with Gasteiger partial charge in [0.15, 0.2) is 0 Å². The van der Waals surface area contributed by atoms with E-state index in [9.17, 15) is 0 Å². The van der Waals surface area contributed by atoms with E-state index in [1.165, 1.54) is 5.56 Å². The van der Waals surface area contributed by atoms with Crippen molar-refractivity contribution in [2.45, 2.75) is 6.42 Å². The third kappa shape index (κ3) is 3.51. The highest BCUT2D eigenvalue weighted by Gasteiger charge is 2.00. The second-order valence-electron chi connectivity index (χ2n) is 3.87. The van der Waals surface area contributed by atoms with E-state index in [1.807, 2.05) is 18.2 Å². The normalized spacial score (nSPS) is 9.78. The van der Waals surface area contributed by atoms with Gasteiger partial charge in [0.25, 0.3) is 0 Å². The van der Waals surface area contributed by atoms with Crippen LogP contribution >= 0.6 is 11.6 Å². The average Bonchev–Trinajstić information content (AvgIpc) is 2.39. The number of halogens is 1. The number of benzene rings is 2. The maximum Gasteiger partial charge on any atom is 0.122 e. The summed E-state index contributed by atoms with van der Waals surface area (Å²) in [5.74, 6) is 0.634. The quantitative estimate of drug-likeness (QED) is 0.834. The van der Waals surface area contributed by atoms with E-state index < -0.39 is 0 Å². The molecule has 0 amide bonds. The summed E-state index contributed by atoms with van der Waals surface area (Å²) in [6.45, 7) is 0.565. The second kappa shape index (κ2) is 6.09. The average molecular weight is 258 g/mol. The summed E-state index contributed by atoms with van der Waals surface area (Å²) >= 11 is 5.89. The molecule has 0 radical (unpaired) electrons. The van der Waals surface area contributed by atoms with E-state index in [0.717, 1.165) is 6.42 Å². The van der Waals surface area contributed by atoms with E-state index >= 15 is 0 Å². The van der Waals surface area contributed by atoms with Gasteiger partial charge in [0, 0.05) is 11.4 Å². The number of ether oxygens (including phenoxy) is 1. The van der Waals surface area contributed by atoms with Crippen LogP contribution in [0.3, 0.4) is 0 Å². The van der Waals surface area contributed by atoms with E-state index in [-0.39, 0.29) is 0 Å². The lowest BCUT2D eigenvalue weighted by Gasteiger charge is -2.07. The fourth-order valence-corrected chi connectivity index (χ4v) is 1.87. The molecule has 2 aromatic carbocycles. The predicted octanol–water partition coefficient (Wildman–Crippen LogP) is 3.83. The van der Waals surface area contributed by atoms with Gasteiger partial charge in [0.2, 0.25) is 0 Å². The summed E-state index contributed by atoms with van der Waals surface area (Å²) in [5.41, 5.74) is 1.73. The first-order chi connectivity index (χ1) is 8.78. The Morgan fingerprint density at radius 1 is 1.11 bits per heavy atom. The van der Waals surface area contributed by atoms with Gasteiger partial charge in [-0.15, -0.1) is 0 Å². The van der Waals surface area contributed by atoms with Crippen molar-refractivity contribution in [3.63, 3.8) is 0 Å². The molecule has 0 heterocycles. The molecule has 0 aromatic heterocycles. The topological polar surface area (TPSA) is 33.0 Å². The van der Waals surface area contributed by atoms with Crippen LogP contribution in [-0.4, -0.2) is 6.61 Å². The first-order valence-corrected chi connectivity index (χ1v) is 6.03. The largest absolute Gasteiger partial charge is 0.493 e. The molecule has 2 aromatic rings. The van der Waals surface area contributed by atoms with Crippen LogP contribution in [0.15, 0.2) is 48.5 Å². The Morgan fingerprint density at radius 2 is 1.89 bits per heavy atom. The lowest BCUT2D eigenvalue weighted by atomic mass is 10.2. The summed E-state index contributed by atoms with van der Waals surface area (Å²) in [6, 6.07) is 17.2. The molecule has 0 fully saturated rings. The SMILES string of the molecule is N#Cc1cc(Cl)cc(OCCc2ccccc2)c1. The highest BCUT2D eigenvalue weighted by atomic mass is 35.5. The maximum atomic E-state index is 8.83. The van der Waals surface area contributed by atoms with Crippen LogP contribution in [0.1, 0.15) is 11.1 Å². The molecule has 0 bridgehead atoms. The summed E-state index contributed by atoms with van der Waals surface area (Å²) in [7, 11) is 0. The van der Waals surface area contributed by atoms with Crippen molar-refractivity contribution in [2.24, 2.45) is 0 Å². The Kier molecular flexibility index (Phi) is 4.22. The molecule has 0 unspecified atom stereocenters. The summed E-state index contributed by atoms with van der Waals surface area (Å²) in [4.78, 5) is 0. The zero-order valence-electron chi connectivity index (χ0n) is 9.77. The highest BCUT2D eigenvalue weighted by molar-refractivity contribution is 6.30. The van der Waals surface area contributed by atoms with Crippen LogP contribution in [0.2, 0.25) is 5.02 Å². The number of hydrogen-bond donors (Lipinski definition) is 0. The molecular weight excluding hydrogens is 246 g/mol. The highest BCUT2D eigenvalue weighted by Crippen LogP contribution is 2.20. The molecule has 0 aliphatic rings. The minimum Gasteiger partial charge on any atom is -0.493 e. The zero-order chi connectivity index (χ0) is 12.8. The summed E-state index contributed by atoms with van der Waals surface area (Å²) in [6.07, 6.45) is 0.829. The maximum absolute atomic E-state index is 8.83. The number of rotatable bonds is 4. The molecule has 0 atom stereocenters. The Labute approximate surface area is 111 Å². The van der Waals surface area contributed by atoms with Crippen molar-refractivity contribution in [3.05, 3.63) is 64.7 Å². The summed E-state index contributed by atoms with van der Waals surface area (Å²) < 4.78 is 5.60. The lowest BCUT2D eigenvalue weighted by Crippen LogP contribution is -2.01. The molecule has 18 heavy (non-hydrogen) atoms. The third-order valence-corrected chi connectivity index (χ3v) is 2.72. The smallest absolute Gasteiger partial charge is 0.122 e. The van der Waals surface area contributed by atoms with E-state index in [4.69, 9.17) is 21.6 Å². The van der Waals surface area contributed by atoms with Gasteiger partial charge in [-0.05, 0) is 23.8 Å². The first kappa shape index (κ1) is 12.5. The Bertz CT molecular complexity index is 560. The number of hydrogen-bond acceptors (Lipinski definition) is 2. The monoisotopic (exact) mass is 257 g/mol. The van der Waals surface area contributed by atoms with Crippen molar-refractivity contribution in [2.75, 3.05) is 6.61 Å². The van der Waals surface area contributed by atoms with Crippen molar-refractivity contribution < 1.29 is 4.74 Å². The molecule has 0 N–H and O–H groups in total. The molecular formula is C15H12ClNO. The molecule has 2 rings (SSSR count). The van der Waals surface area contributed by atoms with Gasteiger partial charge in [-0.25, -0.2) is 0 Å². The molecule has 0 aliphatic carbocycles. The van der Waals surface area contributed by atoms with Crippen LogP contribution in [0.5, 0.6) is 5.75 Å². The van der Waals surface area contributed by atoms with Crippen molar-refractivity contribution in [3.8, 4) is 11.8 Å². The van der Waals surface area contributed by atoms with Crippen molar-refractivity contribution >= 4 is 11.6 Å². The molecule has 90 valence electrons. The summed E-state index contributed by atoms with van der Waals surface area (Å²) in [5, 5.41) is 9.34. The van der Waals surface area contributed by atoms with Gasteiger partial charge in [-0.1, -0.05) is 41.9 Å². The molecule has 3 heteroatoms. The van der Waals surface area contributed by atoms with Crippen LogP contribution in [0.4, 0.5) is 0 Å². The van der Waals surface area contributed by atoms with Crippen LogP contribution in [0.25, 0.3) is 0 Å². The molecule has 0 aliphatic heterocycles. The van der Waals surface area contributed by atoms with Crippen LogP contribution in [0, 0.1) is 11.3 Å². The minimum atomic E-state index is 0.511. The Morgan fingerprint density at radius 3 is 2.61 bits per heavy atom. The third-order valence-electron chi connectivity index (χ3n) is 2.50. The van der Waals surface area contributed by atoms with Gasteiger partial charge in [0.05, 0.1) is 18.2 Å². The second-order valence-corrected chi connectivity index (χ2v) is 4.31. The van der Waals surface area contributed by atoms with E-state index in [0.29, 0.717) is 22.9 Å². The molecule has 2 nitrogen and oxygen atoms in total.